The molecule has 0 fully saturated rings. The molecule has 9 heteroatoms. The quantitative estimate of drug-likeness (QED) is 0.287. The smallest absolute Gasteiger partial charge is 0.321 e. The van der Waals surface area contributed by atoms with Gasteiger partial charge in [0.1, 0.15) is 5.82 Å². The average Bonchev–Trinajstić information content (AvgIpc) is 2.93. The molecule has 0 saturated carbocycles. The maximum absolute atomic E-state index is 14.5. The summed E-state index contributed by atoms with van der Waals surface area (Å²) in [6, 6.07) is 10.3. The van der Waals surface area contributed by atoms with Crippen molar-refractivity contribution in [1.29, 1.82) is 0 Å². The highest BCUT2D eigenvalue weighted by Gasteiger charge is 2.39. The van der Waals surface area contributed by atoms with Crippen LogP contribution < -0.4 is 17.1 Å². The first kappa shape index (κ1) is 17.7. The van der Waals surface area contributed by atoms with E-state index in [1.54, 1.807) is 25.1 Å². The van der Waals surface area contributed by atoms with Crippen molar-refractivity contribution in [1.82, 2.24) is 15.2 Å². The third-order valence-electron chi connectivity index (χ3n) is 4.14. The topological polar surface area (TPSA) is 94.2 Å². The molecule has 0 aliphatic carbocycles. The minimum atomic E-state index is -3.52. The maximum Gasteiger partial charge on any atom is 0.332 e. The molecule has 1 heterocycles. The number of hydrogen-bond donors (Lipinski definition) is 3. The molecule has 0 aliphatic heterocycles. The standard InChI is InChI=1S/C17H17F3N6/c1-10-13-7-6-12(17(19,20)16(23-21)24-22)8-15(13)26(25-10)9-11-4-2-3-5-14(11)18/h2-8H,9,21-22H2,1H3,(H,23,24). The fraction of sp³-hybridized carbons (Fsp3) is 0.176. The van der Waals surface area contributed by atoms with Crippen LogP contribution in [0.15, 0.2) is 47.6 Å². The van der Waals surface area contributed by atoms with Gasteiger partial charge in [-0.3, -0.25) is 4.68 Å². The Balaban J connectivity index is 2.10. The first-order chi connectivity index (χ1) is 12.4. The molecule has 0 saturated heterocycles. The Kier molecular flexibility index (Phi) is 4.56. The number of hydrogen-bond acceptors (Lipinski definition) is 4. The highest BCUT2D eigenvalue weighted by atomic mass is 19.3. The molecular weight excluding hydrogens is 345 g/mol. The largest absolute Gasteiger partial charge is 0.332 e. The Labute approximate surface area is 147 Å². The van der Waals surface area contributed by atoms with E-state index in [2.05, 4.69) is 10.2 Å². The second-order valence-corrected chi connectivity index (χ2v) is 5.76. The molecule has 2 aromatic carbocycles. The zero-order valence-electron chi connectivity index (χ0n) is 13.9. The Hall–Kier alpha value is -3.07. The van der Waals surface area contributed by atoms with Crippen LogP contribution in [0.2, 0.25) is 0 Å². The van der Waals surface area contributed by atoms with Crippen LogP contribution in [0.5, 0.6) is 0 Å². The number of benzene rings is 2. The predicted octanol–water partition coefficient (Wildman–Crippen LogP) is 2.36. The number of aryl methyl sites for hydroxylation is 1. The summed E-state index contributed by atoms with van der Waals surface area (Å²) >= 11 is 0. The van der Waals surface area contributed by atoms with Crippen LogP contribution in [0, 0.1) is 12.7 Å². The van der Waals surface area contributed by atoms with Crippen LogP contribution in [-0.4, -0.2) is 15.6 Å². The lowest BCUT2D eigenvalue weighted by molar-refractivity contribution is 0.0714. The summed E-state index contributed by atoms with van der Waals surface area (Å²) in [5.74, 6) is 5.28. The number of hydrazine groups is 1. The molecule has 0 aliphatic rings. The predicted molar refractivity (Wildman–Crippen MR) is 92.8 cm³/mol. The van der Waals surface area contributed by atoms with Crippen molar-refractivity contribution in [3.05, 3.63) is 65.1 Å². The van der Waals surface area contributed by atoms with E-state index >= 15 is 0 Å². The monoisotopic (exact) mass is 362 g/mol. The molecular formula is C17H17F3N6. The second-order valence-electron chi connectivity index (χ2n) is 5.76. The van der Waals surface area contributed by atoms with Gasteiger partial charge in [0.15, 0.2) is 0 Å². The molecule has 0 bridgehead atoms. The van der Waals surface area contributed by atoms with Crippen LogP contribution in [0.1, 0.15) is 16.8 Å². The second kappa shape index (κ2) is 6.68. The van der Waals surface area contributed by atoms with Gasteiger partial charge in [-0.2, -0.15) is 19.0 Å². The number of fused-ring (bicyclic) bond motifs is 1. The van der Waals surface area contributed by atoms with E-state index in [0.717, 1.165) is 0 Å². The third kappa shape index (κ3) is 2.97. The van der Waals surface area contributed by atoms with E-state index in [9.17, 15) is 13.2 Å². The molecule has 3 rings (SSSR count). The highest BCUT2D eigenvalue weighted by Crippen LogP contribution is 2.32. The summed E-state index contributed by atoms with van der Waals surface area (Å²) in [6.07, 6.45) is 0. The molecule has 1 aromatic heterocycles. The summed E-state index contributed by atoms with van der Waals surface area (Å²) in [6.45, 7) is 1.87. The number of hydrazone groups is 1. The number of amidine groups is 1. The van der Waals surface area contributed by atoms with Crippen molar-refractivity contribution < 1.29 is 13.2 Å². The lowest BCUT2D eigenvalue weighted by Gasteiger charge is -2.18. The van der Waals surface area contributed by atoms with E-state index in [1.807, 2.05) is 5.43 Å². The zero-order valence-corrected chi connectivity index (χ0v) is 13.9. The van der Waals surface area contributed by atoms with Gasteiger partial charge in [-0.25, -0.2) is 10.2 Å². The Morgan fingerprint density at radius 3 is 2.65 bits per heavy atom. The van der Waals surface area contributed by atoms with Crippen molar-refractivity contribution >= 4 is 16.7 Å². The zero-order chi connectivity index (χ0) is 18.9. The van der Waals surface area contributed by atoms with E-state index in [4.69, 9.17) is 11.7 Å². The Bertz CT molecular complexity index is 980. The molecule has 6 nitrogen and oxygen atoms in total. The lowest BCUT2D eigenvalue weighted by Crippen LogP contribution is -2.43. The number of aromatic nitrogens is 2. The highest BCUT2D eigenvalue weighted by molar-refractivity contribution is 5.91. The molecule has 5 N–H and O–H groups in total. The number of rotatable bonds is 4. The van der Waals surface area contributed by atoms with E-state index in [-0.39, 0.29) is 17.9 Å². The van der Waals surface area contributed by atoms with Crippen LogP contribution in [0.25, 0.3) is 10.9 Å². The van der Waals surface area contributed by atoms with Crippen LogP contribution >= 0.6 is 0 Å². The lowest BCUT2D eigenvalue weighted by atomic mass is 10.0. The molecule has 0 atom stereocenters. The van der Waals surface area contributed by atoms with Gasteiger partial charge in [0.2, 0.25) is 5.84 Å². The SMILES string of the molecule is Cc1nn(Cc2ccccc2F)c2cc(C(F)(F)/C(=N/N)NN)ccc12. The number of alkyl halides is 2. The fourth-order valence-electron chi connectivity index (χ4n) is 2.79. The summed E-state index contributed by atoms with van der Waals surface area (Å²) < 4.78 is 44.5. The van der Waals surface area contributed by atoms with E-state index < -0.39 is 11.8 Å². The summed E-state index contributed by atoms with van der Waals surface area (Å²) in [4.78, 5) is 0. The van der Waals surface area contributed by atoms with Crippen LogP contribution in [-0.2, 0) is 12.5 Å². The minimum absolute atomic E-state index is 0.110. The van der Waals surface area contributed by atoms with Gasteiger partial charge in [-0.15, -0.1) is 0 Å². The molecule has 0 amide bonds. The van der Waals surface area contributed by atoms with Gasteiger partial charge in [0, 0.05) is 16.5 Å². The van der Waals surface area contributed by atoms with Crippen molar-refractivity contribution in [2.45, 2.75) is 19.4 Å². The van der Waals surface area contributed by atoms with Gasteiger partial charge >= 0.3 is 5.92 Å². The summed E-state index contributed by atoms with van der Waals surface area (Å²) in [7, 11) is 0. The van der Waals surface area contributed by atoms with Crippen LogP contribution in [0.4, 0.5) is 13.2 Å². The first-order valence-corrected chi connectivity index (χ1v) is 7.72. The molecule has 26 heavy (non-hydrogen) atoms. The fourth-order valence-corrected chi connectivity index (χ4v) is 2.79. The van der Waals surface area contributed by atoms with Gasteiger partial charge in [0.05, 0.1) is 17.8 Å². The van der Waals surface area contributed by atoms with E-state index in [1.165, 1.54) is 28.9 Å². The van der Waals surface area contributed by atoms with Crippen molar-refractivity contribution in [2.24, 2.45) is 16.8 Å². The minimum Gasteiger partial charge on any atom is -0.321 e. The summed E-state index contributed by atoms with van der Waals surface area (Å²) in [5.41, 5.74) is 2.94. The van der Waals surface area contributed by atoms with Gasteiger partial charge < -0.3 is 11.3 Å². The van der Waals surface area contributed by atoms with Crippen molar-refractivity contribution in [3.8, 4) is 0 Å². The van der Waals surface area contributed by atoms with Crippen molar-refractivity contribution in [2.75, 3.05) is 0 Å². The molecule has 0 spiro atoms. The molecule has 136 valence electrons. The van der Waals surface area contributed by atoms with Gasteiger partial charge in [-0.05, 0) is 19.1 Å². The summed E-state index contributed by atoms with van der Waals surface area (Å²) in [5, 5.41) is 8.03. The Morgan fingerprint density at radius 2 is 2.00 bits per heavy atom. The first-order valence-electron chi connectivity index (χ1n) is 7.72. The molecule has 0 unspecified atom stereocenters. The normalized spacial score (nSPS) is 12.6. The average molecular weight is 362 g/mol. The number of nitrogens with zero attached hydrogens (tertiary/aromatic N) is 3. The number of nitrogens with one attached hydrogen (secondary N) is 1. The Morgan fingerprint density at radius 1 is 1.27 bits per heavy atom. The van der Waals surface area contributed by atoms with Gasteiger partial charge in [0.25, 0.3) is 0 Å². The third-order valence-corrected chi connectivity index (χ3v) is 4.14. The van der Waals surface area contributed by atoms with Crippen molar-refractivity contribution in [3.63, 3.8) is 0 Å². The molecule has 3 aromatic rings. The van der Waals surface area contributed by atoms with E-state index in [0.29, 0.717) is 22.2 Å². The number of nitrogens with two attached hydrogens (primary N) is 2. The van der Waals surface area contributed by atoms with Gasteiger partial charge in [-0.1, -0.05) is 30.3 Å². The molecule has 0 radical (unpaired) electrons. The number of halogens is 3. The van der Waals surface area contributed by atoms with Crippen LogP contribution in [0.3, 0.4) is 0 Å². The maximum atomic E-state index is 14.5.